The van der Waals surface area contributed by atoms with Crippen LogP contribution in [0, 0.1) is 0 Å². The molecule has 2 aliphatic rings. The van der Waals surface area contributed by atoms with Crippen molar-refractivity contribution in [1.29, 1.82) is 0 Å². The molecule has 6 aromatic carbocycles. The number of ether oxygens (including phenoxy) is 4. The Labute approximate surface area is 377 Å². The predicted octanol–water partition coefficient (Wildman–Crippen LogP) is 5.79. The zero-order chi connectivity index (χ0) is 49.2. The van der Waals surface area contributed by atoms with E-state index in [0.717, 1.165) is 48.5 Å². The summed E-state index contributed by atoms with van der Waals surface area (Å²) in [4.78, 5) is 25.4. The van der Waals surface area contributed by atoms with Gasteiger partial charge in [0.05, 0.1) is 11.1 Å². The first-order valence-electron chi connectivity index (χ1n) is 19.8. The quantitative estimate of drug-likeness (QED) is 0.0694. The predicted molar refractivity (Wildman–Crippen MR) is 228 cm³/mol. The van der Waals surface area contributed by atoms with Gasteiger partial charge in [-0.15, -0.1) is 0 Å². The summed E-state index contributed by atoms with van der Waals surface area (Å²) in [5.41, 5.74) is 0.305. The van der Waals surface area contributed by atoms with Crippen molar-refractivity contribution in [1.82, 2.24) is 0 Å². The van der Waals surface area contributed by atoms with Crippen LogP contribution in [0.3, 0.4) is 0 Å². The maximum absolute atomic E-state index is 12.7. The van der Waals surface area contributed by atoms with Crippen LogP contribution in [0.1, 0.15) is 69.0 Å². The summed E-state index contributed by atoms with van der Waals surface area (Å²) in [6.07, 6.45) is -4.61. The monoisotopic (exact) mass is 930 g/mol. The molecule has 0 saturated carbocycles. The van der Waals surface area contributed by atoms with E-state index in [1.807, 2.05) is 13.8 Å². The standard InChI is InChI=1S/C22H18O11.C22H18O10.C2H6/c23-10-5-12(24)11-7-18(33-22(31)9-3-15(27)20(30)16(28)4-9)21(32-17(11)6-10)8-1-13(25)19(29)14(26)2-8;23-11-6-14(25)12-8-19(32-22(30)10-4-16(27)20(29)17(28)5-10)21(31-18(12)7-11)9-1-2-13(24)15(26)3-9;1-2/h1-6,18,21,23-30H,7H2;1-7,19,21,23-29H,8H2;1-2H3. The molecule has 0 spiro atoms. The van der Waals surface area contributed by atoms with Gasteiger partial charge in [0.15, 0.2) is 75.5 Å². The van der Waals surface area contributed by atoms with E-state index in [4.69, 9.17) is 18.9 Å². The van der Waals surface area contributed by atoms with Crippen LogP contribution < -0.4 is 9.47 Å². The minimum absolute atomic E-state index is 0.0461. The molecular formula is C46H42O21. The number of aromatic hydroxyl groups is 15. The Hall–Kier alpha value is -9.14. The van der Waals surface area contributed by atoms with E-state index < -0.39 is 93.8 Å². The first-order valence-corrected chi connectivity index (χ1v) is 19.8. The second-order valence-corrected chi connectivity index (χ2v) is 14.6. The van der Waals surface area contributed by atoms with Gasteiger partial charge in [0, 0.05) is 59.4 Å². The third-order valence-corrected chi connectivity index (χ3v) is 10.2. The second kappa shape index (κ2) is 18.9. The van der Waals surface area contributed by atoms with Crippen LogP contribution in [0.4, 0.5) is 0 Å². The number of rotatable bonds is 6. The van der Waals surface area contributed by atoms with E-state index in [9.17, 15) is 86.2 Å². The summed E-state index contributed by atoms with van der Waals surface area (Å²) < 4.78 is 22.7. The molecule has 2 aliphatic heterocycles. The maximum atomic E-state index is 12.7. The Morgan fingerprint density at radius 3 is 1.13 bits per heavy atom. The lowest BCUT2D eigenvalue weighted by Gasteiger charge is -2.34. The van der Waals surface area contributed by atoms with Gasteiger partial charge in [0.25, 0.3) is 0 Å². The lowest BCUT2D eigenvalue weighted by atomic mass is 9.93. The summed E-state index contributed by atoms with van der Waals surface area (Å²) in [6, 6.07) is 14.2. The molecule has 4 atom stereocenters. The molecule has 0 radical (unpaired) electrons. The van der Waals surface area contributed by atoms with Crippen LogP contribution in [0.15, 0.2) is 78.9 Å². The number of fused-ring (bicyclic) bond motifs is 2. The molecule has 21 nitrogen and oxygen atoms in total. The third-order valence-electron chi connectivity index (χ3n) is 10.2. The molecule has 67 heavy (non-hydrogen) atoms. The van der Waals surface area contributed by atoms with Crippen molar-refractivity contribution in [3.63, 3.8) is 0 Å². The van der Waals surface area contributed by atoms with Crippen LogP contribution in [-0.2, 0) is 22.3 Å². The number of hydrogen-bond acceptors (Lipinski definition) is 21. The van der Waals surface area contributed by atoms with E-state index in [0.29, 0.717) is 5.56 Å². The van der Waals surface area contributed by atoms with Crippen molar-refractivity contribution in [2.24, 2.45) is 0 Å². The average Bonchev–Trinajstić information content (AvgIpc) is 3.27. The number of benzene rings is 6. The van der Waals surface area contributed by atoms with E-state index >= 15 is 0 Å². The van der Waals surface area contributed by atoms with Crippen molar-refractivity contribution in [2.75, 3.05) is 0 Å². The van der Waals surface area contributed by atoms with Crippen LogP contribution in [0.25, 0.3) is 0 Å². The summed E-state index contributed by atoms with van der Waals surface area (Å²) in [5, 5.41) is 146. The summed E-state index contributed by atoms with van der Waals surface area (Å²) in [7, 11) is 0. The van der Waals surface area contributed by atoms with Crippen molar-refractivity contribution in [3.05, 3.63) is 112 Å². The zero-order valence-corrected chi connectivity index (χ0v) is 34.9. The van der Waals surface area contributed by atoms with Crippen LogP contribution >= 0.6 is 0 Å². The number of carbonyl (C=O) groups excluding carboxylic acids is 2. The molecule has 15 N–H and O–H groups in total. The van der Waals surface area contributed by atoms with Gasteiger partial charge in [0.2, 0.25) is 0 Å². The fraction of sp³-hybridized carbons (Fsp3) is 0.174. The van der Waals surface area contributed by atoms with Gasteiger partial charge >= 0.3 is 11.9 Å². The van der Waals surface area contributed by atoms with Crippen LogP contribution in [0.5, 0.6) is 97.7 Å². The summed E-state index contributed by atoms with van der Waals surface area (Å²) >= 11 is 0. The first kappa shape index (κ1) is 47.3. The Bertz CT molecular complexity index is 2810. The molecule has 4 unspecified atom stereocenters. The van der Waals surface area contributed by atoms with E-state index in [1.54, 1.807) is 0 Å². The largest absolute Gasteiger partial charge is 0.508 e. The zero-order valence-electron chi connectivity index (χ0n) is 34.9. The highest BCUT2D eigenvalue weighted by Crippen LogP contribution is 2.47. The normalized spacial score (nSPS) is 16.7. The first-order chi connectivity index (χ1) is 31.7. The Kier molecular flexibility index (Phi) is 13.4. The van der Waals surface area contributed by atoms with Gasteiger partial charge in [-0.3, -0.25) is 0 Å². The minimum Gasteiger partial charge on any atom is -0.508 e. The van der Waals surface area contributed by atoms with Gasteiger partial charge in [0.1, 0.15) is 46.7 Å². The molecule has 352 valence electrons. The van der Waals surface area contributed by atoms with Crippen molar-refractivity contribution < 1.29 is 105 Å². The van der Waals surface area contributed by atoms with E-state index in [2.05, 4.69) is 0 Å². The van der Waals surface area contributed by atoms with Crippen LogP contribution in [-0.4, -0.2) is 101 Å². The fourth-order valence-electron chi connectivity index (χ4n) is 7.03. The Morgan fingerprint density at radius 1 is 0.418 bits per heavy atom. The number of phenolic OH excluding ortho intramolecular Hbond substituents is 15. The third kappa shape index (κ3) is 9.84. The molecule has 0 amide bonds. The van der Waals surface area contributed by atoms with Crippen molar-refractivity contribution in [3.8, 4) is 97.7 Å². The highest BCUT2D eigenvalue weighted by molar-refractivity contribution is 5.92. The molecule has 0 saturated heterocycles. The van der Waals surface area contributed by atoms with Crippen molar-refractivity contribution >= 4 is 11.9 Å². The molecule has 21 heteroatoms. The molecule has 2 heterocycles. The summed E-state index contributed by atoms with van der Waals surface area (Å²) in [6.45, 7) is 4.00. The Balaban J connectivity index is 0.000000213. The fourth-order valence-corrected chi connectivity index (χ4v) is 7.03. The highest BCUT2D eigenvalue weighted by atomic mass is 16.6. The lowest BCUT2D eigenvalue weighted by Crippen LogP contribution is -2.34. The molecule has 0 aliphatic carbocycles. The molecule has 0 bridgehead atoms. The molecular weight excluding hydrogens is 888 g/mol. The number of carbonyl (C=O) groups is 2. The number of phenols is 15. The lowest BCUT2D eigenvalue weighted by molar-refractivity contribution is -0.0192. The minimum atomic E-state index is -1.18. The van der Waals surface area contributed by atoms with E-state index in [-0.39, 0.29) is 80.9 Å². The van der Waals surface area contributed by atoms with Gasteiger partial charge in [-0.05, 0) is 48.5 Å². The SMILES string of the molecule is CC.O=C(OC1Cc2c(O)cc(O)cc2OC1c1cc(O)c(O)c(O)c1)c1cc(O)c(O)c(O)c1.O=C(OC1Cc2c(O)cc(O)cc2OC1c1ccc(O)c(O)c1)c1cc(O)c(O)c(O)c1. The molecule has 8 rings (SSSR count). The number of hydrogen-bond donors (Lipinski definition) is 15. The van der Waals surface area contributed by atoms with Gasteiger partial charge in [-0.1, -0.05) is 19.9 Å². The maximum Gasteiger partial charge on any atom is 0.338 e. The van der Waals surface area contributed by atoms with Crippen molar-refractivity contribution in [2.45, 2.75) is 51.1 Å². The van der Waals surface area contributed by atoms with E-state index in [1.165, 1.54) is 30.3 Å². The molecule has 6 aromatic rings. The van der Waals surface area contributed by atoms with Crippen LogP contribution in [0.2, 0.25) is 0 Å². The summed E-state index contributed by atoms with van der Waals surface area (Å²) in [5.74, 6) is -10.5. The van der Waals surface area contributed by atoms with Gasteiger partial charge in [-0.2, -0.15) is 0 Å². The van der Waals surface area contributed by atoms with Gasteiger partial charge < -0.3 is 95.5 Å². The molecule has 0 fully saturated rings. The van der Waals surface area contributed by atoms with Gasteiger partial charge in [-0.25, -0.2) is 9.59 Å². The average molecular weight is 931 g/mol. The topological polar surface area (TPSA) is 375 Å². The smallest absolute Gasteiger partial charge is 0.338 e. The Morgan fingerprint density at radius 2 is 0.761 bits per heavy atom. The second-order valence-electron chi connectivity index (χ2n) is 14.6. The highest BCUT2D eigenvalue weighted by Gasteiger charge is 2.39. The number of esters is 2. The molecule has 0 aromatic heterocycles.